The maximum Gasteiger partial charge on any atom is 0.122 e. The molecular weight excluding hydrogens is 226 g/mol. The fraction of sp³-hybridized carbons (Fsp3) is 0.600. The molecule has 0 atom stereocenters. The van der Waals surface area contributed by atoms with Gasteiger partial charge in [-0.3, -0.25) is 0 Å². The molecule has 1 aromatic rings. The number of hydrogen-bond acceptors (Lipinski definition) is 3. The minimum atomic E-state index is 0.280. The first-order valence-electron chi connectivity index (χ1n) is 6.73. The Bertz CT molecular complexity index is 436. The Morgan fingerprint density at radius 2 is 2.00 bits per heavy atom. The molecule has 0 unspecified atom stereocenters. The van der Waals surface area contributed by atoms with Gasteiger partial charge in [0.15, 0.2) is 0 Å². The number of hydrogen-bond donors (Lipinski definition) is 1. The van der Waals surface area contributed by atoms with E-state index >= 15 is 0 Å². The Morgan fingerprint density at radius 1 is 1.22 bits per heavy atom. The second-order valence-corrected chi connectivity index (χ2v) is 5.50. The number of benzene rings is 1. The molecule has 0 saturated heterocycles. The monoisotopic (exact) mass is 247 g/mol. The zero-order valence-corrected chi connectivity index (χ0v) is 11.2. The van der Waals surface area contributed by atoms with Crippen molar-refractivity contribution in [2.75, 3.05) is 20.8 Å². The fourth-order valence-electron chi connectivity index (χ4n) is 2.55. The van der Waals surface area contributed by atoms with Crippen molar-refractivity contribution in [3.05, 3.63) is 23.8 Å². The first kappa shape index (κ1) is 11.8. The molecule has 0 amide bonds. The van der Waals surface area contributed by atoms with Crippen molar-refractivity contribution >= 4 is 0 Å². The van der Waals surface area contributed by atoms with Gasteiger partial charge in [-0.15, -0.1) is 0 Å². The minimum absolute atomic E-state index is 0.280. The molecule has 18 heavy (non-hydrogen) atoms. The van der Waals surface area contributed by atoms with Crippen molar-refractivity contribution in [3.63, 3.8) is 0 Å². The quantitative estimate of drug-likeness (QED) is 0.837. The van der Waals surface area contributed by atoms with Gasteiger partial charge in [-0.2, -0.15) is 0 Å². The number of ether oxygens (including phenoxy) is 2. The molecule has 0 spiro atoms. The van der Waals surface area contributed by atoms with Gasteiger partial charge in [-0.1, -0.05) is 0 Å². The van der Waals surface area contributed by atoms with Crippen LogP contribution < -0.4 is 14.8 Å². The van der Waals surface area contributed by atoms with Crippen LogP contribution in [0.1, 0.15) is 31.2 Å². The maximum atomic E-state index is 5.51. The topological polar surface area (TPSA) is 30.5 Å². The third kappa shape index (κ3) is 2.19. The highest BCUT2D eigenvalue weighted by Gasteiger charge is 2.46. The highest BCUT2D eigenvalue weighted by molar-refractivity contribution is 5.48. The first-order chi connectivity index (χ1) is 8.77. The summed E-state index contributed by atoms with van der Waals surface area (Å²) in [5.41, 5.74) is 1.58. The second kappa shape index (κ2) is 4.47. The van der Waals surface area contributed by atoms with Crippen LogP contribution in [0.3, 0.4) is 0 Å². The number of nitrogens with one attached hydrogen (secondary N) is 1. The van der Waals surface area contributed by atoms with Gasteiger partial charge in [0, 0.05) is 23.6 Å². The average Bonchev–Trinajstić information content (AvgIpc) is 3.29. The van der Waals surface area contributed by atoms with Crippen LogP contribution in [0.15, 0.2) is 18.2 Å². The molecule has 2 aliphatic rings. The van der Waals surface area contributed by atoms with Gasteiger partial charge in [-0.25, -0.2) is 0 Å². The Labute approximate surface area is 108 Å². The van der Waals surface area contributed by atoms with Crippen molar-refractivity contribution < 1.29 is 9.47 Å². The SMILES string of the molecule is COc1ccc(OC)c(C2(CNC3CC3)CC2)c1. The van der Waals surface area contributed by atoms with E-state index in [1.54, 1.807) is 14.2 Å². The van der Waals surface area contributed by atoms with Gasteiger partial charge in [-0.05, 0) is 43.9 Å². The molecule has 3 heteroatoms. The van der Waals surface area contributed by atoms with Crippen LogP contribution in [0.25, 0.3) is 0 Å². The predicted octanol–water partition coefficient (Wildman–Crippen LogP) is 2.49. The van der Waals surface area contributed by atoms with Gasteiger partial charge >= 0.3 is 0 Å². The first-order valence-corrected chi connectivity index (χ1v) is 6.73. The van der Waals surface area contributed by atoms with Crippen LogP contribution in [-0.4, -0.2) is 26.8 Å². The van der Waals surface area contributed by atoms with E-state index < -0.39 is 0 Å². The van der Waals surface area contributed by atoms with E-state index in [1.165, 1.54) is 31.2 Å². The summed E-state index contributed by atoms with van der Waals surface area (Å²) in [6.45, 7) is 1.07. The molecule has 0 bridgehead atoms. The third-order valence-electron chi connectivity index (χ3n) is 4.14. The third-order valence-corrected chi connectivity index (χ3v) is 4.14. The summed E-state index contributed by atoms with van der Waals surface area (Å²) in [5.74, 6) is 1.91. The van der Waals surface area contributed by atoms with Gasteiger partial charge in [0.25, 0.3) is 0 Å². The standard InChI is InChI=1S/C15H21NO2/c1-17-12-5-6-14(18-2)13(9-12)15(7-8-15)10-16-11-3-4-11/h5-6,9,11,16H,3-4,7-8,10H2,1-2H3. The lowest BCUT2D eigenvalue weighted by Gasteiger charge is -2.20. The van der Waals surface area contributed by atoms with Crippen LogP contribution in [-0.2, 0) is 5.41 Å². The summed E-state index contributed by atoms with van der Waals surface area (Å²) in [6, 6.07) is 6.89. The van der Waals surface area contributed by atoms with Crippen LogP contribution in [0.2, 0.25) is 0 Å². The number of rotatable bonds is 6. The molecule has 1 N–H and O–H groups in total. The fourth-order valence-corrected chi connectivity index (χ4v) is 2.55. The van der Waals surface area contributed by atoms with Crippen molar-refractivity contribution in [1.29, 1.82) is 0 Å². The van der Waals surface area contributed by atoms with Gasteiger partial charge in [0.2, 0.25) is 0 Å². The van der Waals surface area contributed by atoms with Gasteiger partial charge in [0.1, 0.15) is 11.5 Å². The minimum Gasteiger partial charge on any atom is -0.497 e. The Kier molecular flexibility index (Phi) is 2.94. The summed E-state index contributed by atoms with van der Waals surface area (Å²) < 4.78 is 10.8. The van der Waals surface area contributed by atoms with E-state index in [-0.39, 0.29) is 5.41 Å². The molecule has 2 saturated carbocycles. The maximum absolute atomic E-state index is 5.51. The molecule has 0 radical (unpaired) electrons. The zero-order chi connectivity index (χ0) is 12.6. The van der Waals surface area contributed by atoms with Gasteiger partial charge in [0.05, 0.1) is 14.2 Å². The summed E-state index contributed by atoms with van der Waals surface area (Å²) in [6.07, 6.45) is 5.17. The lowest BCUT2D eigenvalue weighted by atomic mass is 9.94. The molecule has 1 aromatic carbocycles. The van der Waals surface area contributed by atoms with E-state index in [0.29, 0.717) is 0 Å². The van der Waals surface area contributed by atoms with Crippen molar-refractivity contribution in [2.24, 2.45) is 0 Å². The Hall–Kier alpha value is -1.22. The summed E-state index contributed by atoms with van der Waals surface area (Å²) in [4.78, 5) is 0. The van der Waals surface area contributed by atoms with E-state index in [1.807, 2.05) is 12.1 Å². The highest BCUT2D eigenvalue weighted by atomic mass is 16.5. The van der Waals surface area contributed by atoms with Crippen LogP contribution in [0.4, 0.5) is 0 Å². The van der Waals surface area contributed by atoms with E-state index in [2.05, 4.69) is 11.4 Å². The van der Waals surface area contributed by atoms with Crippen LogP contribution in [0.5, 0.6) is 11.5 Å². The Morgan fingerprint density at radius 3 is 2.56 bits per heavy atom. The van der Waals surface area contributed by atoms with Crippen molar-refractivity contribution in [2.45, 2.75) is 37.1 Å². The normalized spacial score (nSPS) is 20.6. The van der Waals surface area contributed by atoms with Crippen molar-refractivity contribution in [1.82, 2.24) is 5.32 Å². The molecule has 0 aromatic heterocycles. The molecular formula is C15H21NO2. The molecule has 0 heterocycles. The van der Waals surface area contributed by atoms with Crippen LogP contribution >= 0.6 is 0 Å². The summed E-state index contributed by atoms with van der Waals surface area (Å²) in [7, 11) is 3.46. The molecule has 3 nitrogen and oxygen atoms in total. The number of methoxy groups -OCH3 is 2. The average molecular weight is 247 g/mol. The largest absolute Gasteiger partial charge is 0.497 e. The molecule has 2 fully saturated rings. The summed E-state index contributed by atoms with van der Waals surface area (Å²) in [5, 5.41) is 3.65. The van der Waals surface area contributed by atoms with Crippen LogP contribution in [0, 0.1) is 0 Å². The molecule has 98 valence electrons. The van der Waals surface area contributed by atoms with E-state index in [0.717, 1.165) is 24.1 Å². The molecule has 3 rings (SSSR count). The lowest BCUT2D eigenvalue weighted by Crippen LogP contribution is -2.28. The lowest BCUT2D eigenvalue weighted by molar-refractivity contribution is 0.391. The Balaban J connectivity index is 1.83. The van der Waals surface area contributed by atoms with E-state index in [9.17, 15) is 0 Å². The van der Waals surface area contributed by atoms with E-state index in [4.69, 9.17) is 9.47 Å². The van der Waals surface area contributed by atoms with Gasteiger partial charge < -0.3 is 14.8 Å². The zero-order valence-electron chi connectivity index (χ0n) is 11.2. The second-order valence-electron chi connectivity index (χ2n) is 5.50. The molecule has 0 aliphatic heterocycles. The summed E-state index contributed by atoms with van der Waals surface area (Å²) >= 11 is 0. The smallest absolute Gasteiger partial charge is 0.122 e. The highest BCUT2D eigenvalue weighted by Crippen LogP contribution is 2.52. The predicted molar refractivity (Wildman–Crippen MR) is 71.5 cm³/mol. The van der Waals surface area contributed by atoms with Crippen molar-refractivity contribution in [3.8, 4) is 11.5 Å². The molecule has 2 aliphatic carbocycles.